The van der Waals surface area contributed by atoms with E-state index in [1.54, 1.807) is 25.4 Å². The molecule has 33 heavy (non-hydrogen) atoms. The molecule has 0 spiro atoms. The van der Waals surface area contributed by atoms with Crippen LogP contribution in [0.1, 0.15) is 66.5 Å². The van der Waals surface area contributed by atoms with Gasteiger partial charge in [-0.25, -0.2) is 9.97 Å². The highest BCUT2D eigenvalue weighted by Crippen LogP contribution is 2.45. The molecule has 3 aromatic heterocycles. The van der Waals surface area contributed by atoms with E-state index < -0.39 is 0 Å². The van der Waals surface area contributed by atoms with Gasteiger partial charge in [-0.1, -0.05) is 12.8 Å². The average Bonchev–Trinajstić information content (AvgIpc) is 3.24. The Labute approximate surface area is 191 Å². The van der Waals surface area contributed by atoms with Crippen molar-refractivity contribution >= 4 is 22.5 Å². The number of rotatable bonds is 6. The molecule has 3 heterocycles. The zero-order chi connectivity index (χ0) is 22.4. The Bertz CT molecular complexity index is 1310. The summed E-state index contributed by atoms with van der Waals surface area (Å²) >= 11 is 0. The van der Waals surface area contributed by atoms with E-state index in [-0.39, 0.29) is 11.6 Å². The Morgan fingerprint density at radius 3 is 2.76 bits per heavy atom. The van der Waals surface area contributed by atoms with E-state index in [4.69, 9.17) is 14.3 Å². The van der Waals surface area contributed by atoms with E-state index in [2.05, 4.69) is 32.2 Å². The third-order valence-electron chi connectivity index (χ3n) is 6.59. The van der Waals surface area contributed by atoms with E-state index in [0.29, 0.717) is 29.3 Å². The number of carbonyl (C=O) groups is 1. The maximum Gasteiger partial charge on any atom is 0.277 e. The molecule has 0 atom stereocenters. The monoisotopic (exact) mass is 443 g/mol. The smallest absolute Gasteiger partial charge is 0.277 e. The normalized spacial score (nSPS) is 16.4. The zero-order valence-corrected chi connectivity index (χ0v) is 18.5. The van der Waals surface area contributed by atoms with E-state index in [0.717, 1.165) is 35.0 Å². The first-order valence-electron chi connectivity index (χ1n) is 11.5. The van der Waals surface area contributed by atoms with Crippen LogP contribution in [-0.4, -0.2) is 32.8 Å². The number of pyridine rings is 1. The molecular formula is C25H25N5O3. The molecule has 0 aliphatic heterocycles. The third kappa shape index (κ3) is 3.86. The number of hydrogen-bond donors (Lipinski definition) is 1. The van der Waals surface area contributed by atoms with Gasteiger partial charge in [-0.15, -0.1) is 0 Å². The number of hydrogen-bond acceptors (Lipinski definition) is 6. The summed E-state index contributed by atoms with van der Waals surface area (Å²) in [5, 5.41) is 8.97. The molecule has 168 valence electrons. The van der Waals surface area contributed by atoms with Crippen LogP contribution in [0.15, 0.2) is 47.3 Å². The standard InChI is InChI=1S/C25H25N5O3/c1-32-23-9-8-16(12-26-23)25-28-22(14-33-25)24(31)27-21-10-17-13-30(18-4-2-3-5-18)29-20(17)11-19(21)15-6-7-15/h8-15,18H,2-7H2,1H3,(H,27,31). The first-order chi connectivity index (χ1) is 16.2. The summed E-state index contributed by atoms with van der Waals surface area (Å²) in [5.41, 5.74) is 3.88. The Morgan fingerprint density at radius 2 is 2.03 bits per heavy atom. The van der Waals surface area contributed by atoms with Gasteiger partial charge in [0.05, 0.1) is 24.2 Å². The number of benzene rings is 1. The molecular weight excluding hydrogens is 418 g/mol. The number of ether oxygens (including phenoxy) is 1. The Kier molecular flexibility index (Phi) is 4.86. The van der Waals surface area contributed by atoms with Crippen molar-refractivity contribution in [2.24, 2.45) is 0 Å². The highest BCUT2D eigenvalue weighted by molar-refractivity contribution is 6.04. The average molecular weight is 444 g/mol. The summed E-state index contributed by atoms with van der Waals surface area (Å²) in [6.07, 6.45) is 12.3. The van der Waals surface area contributed by atoms with Gasteiger partial charge in [-0.2, -0.15) is 5.10 Å². The van der Waals surface area contributed by atoms with Gasteiger partial charge in [0.15, 0.2) is 5.69 Å². The van der Waals surface area contributed by atoms with Gasteiger partial charge in [0.25, 0.3) is 5.91 Å². The summed E-state index contributed by atoms with van der Waals surface area (Å²) in [5.74, 6) is 1.02. The summed E-state index contributed by atoms with van der Waals surface area (Å²) in [4.78, 5) is 21.5. The number of nitrogens with one attached hydrogen (secondary N) is 1. The van der Waals surface area contributed by atoms with Crippen LogP contribution in [0.4, 0.5) is 5.69 Å². The fourth-order valence-electron chi connectivity index (χ4n) is 4.63. The van der Waals surface area contributed by atoms with Crippen LogP contribution < -0.4 is 10.1 Å². The molecule has 0 saturated heterocycles. The highest BCUT2D eigenvalue weighted by atomic mass is 16.5. The van der Waals surface area contributed by atoms with Crippen molar-refractivity contribution in [1.82, 2.24) is 19.7 Å². The molecule has 2 aliphatic rings. The van der Waals surface area contributed by atoms with Crippen LogP contribution in [-0.2, 0) is 0 Å². The van der Waals surface area contributed by atoms with E-state index in [9.17, 15) is 4.79 Å². The number of carbonyl (C=O) groups excluding carboxylic acids is 1. The van der Waals surface area contributed by atoms with Crippen molar-refractivity contribution in [3.8, 4) is 17.3 Å². The minimum absolute atomic E-state index is 0.226. The van der Waals surface area contributed by atoms with Crippen LogP contribution >= 0.6 is 0 Å². The van der Waals surface area contributed by atoms with Crippen LogP contribution in [0.2, 0.25) is 0 Å². The number of methoxy groups -OCH3 is 1. The van der Waals surface area contributed by atoms with Gasteiger partial charge in [0, 0.05) is 29.5 Å². The lowest BCUT2D eigenvalue weighted by Crippen LogP contribution is -2.13. The summed E-state index contributed by atoms with van der Waals surface area (Å²) in [7, 11) is 1.56. The molecule has 2 aliphatic carbocycles. The predicted molar refractivity (Wildman–Crippen MR) is 123 cm³/mol. The van der Waals surface area contributed by atoms with E-state index in [1.165, 1.54) is 31.9 Å². The topological polar surface area (TPSA) is 95.1 Å². The molecule has 2 saturated carbocycles. The van der Waals surface area contributed by atoms with Crippen LogP contribution in [0.5, 0.6) is 5.88 Å². The van der Waals surface area contributed by atoms with Crippen molar-refractivity contribution in [2.45, 2.75) is 50.5 Å². The van der Waals surface area contributed by atoms with Crippen molar-refractivity contribution in [1.29, 1.82) is 0 Å². The second kappa shape index (κ2) is 8.03. The summed E-state index contributed by atoms with van der Waals surface area (Å²) in [6, 6.07) is 8.20. The lowest BCUT2D eigenvalue weighted by Gasteiger charge is -2.09. The van der Waals surface area contributed by atoms with Crippen molar-refractivity contribution < 1.29 is 13.9 Å². The van der Waals surface area contributed by atoms with Gasteiger partial charge in [0.2, 0.25) is 11.8 Å². The number of fused-ring (bicyclic) bond motifs is 1. The molecule has 8 nitrogen and oxygen atoms in total. The molecule has 1 N–H and O–H groups in total. The van der Waals surface area contributed by atoms with Crippen molar-refractivity contribution in [2.75, 3.05) is 12.4 Å². The third-order valence-corrected chi connectivity index (χ3v) is 6.59. The number of anilines is 1. The van der Waals surface area contributed by atoms with Crippen LogP contribution in [0.3, 0.4) is 0 Å². The van der Waals surface area contributed by atoms with Gasteiger partial charge in [-0.05, 0) is 55.4 Å². The zero-order valence-electron chi connectivity index (χ0n) is 18.5. The second-order valence-corrected chi connectivity index (χ2v) is 8.90. The Balaban J connectivity index is 1.27. The van der Waals surface area contributed by atoms with Gasteiger partial charge in [0.1, 0.15) is 6.26 Å². The van der Waals surface area contributed by atoms with E-state index in [1.807, 2.05) is 6.07 Å². The molecule has 0 unspecified atom stereocenters. The molecule has 1 amide bonds. The molecule has 4 aromatic rings. The Hall–Kier alpha value is -3.68. The van der Waals surface area contributed by atoms with Crippen molar-refractivity contribution in [3.63, 3.8) is 0 Å². The molecule has 0 radical (unpaired) electrons. The second-order valence-electron chi connectivity index (χ2n) is 8.90. The SMILES string of the molecule is COc1ccc(-c2nc(C(=O)Nc3cc4cn(C5CCCC5)nc4cc3C3CC3)co2)cn1. The molecule has 1 aromatic carbocycles. The number of oxazole rings is 1. The maximum absolute atomic E-state index is 13.0. The lowest BCUT2D eigenvalue weighted by molar-refractivity contribution is 0.102. The quantitative estimate of drug-likeness (QED) is 0.432. The molecule has 6 rings (SSSR count). The van der Waals surface area contributed by atoms with Crippen LogP contribution in [0.25, 0.3) is 22.4 Å². The largest absolute Gasteiger partial charge is 0.481 e. The minimum Gasteiger partial charge on any atom is -0.481 e. The van der Waals surface area contributed by atoms with Gasteiger partial charge >= 0.3 is 0 Å². The predicted octanol–water partition coefficient (Wildman–Crippen LogP) is 5.34. The lowest BCUT2D eigenvalue weighted by atomic mass is 10.1. The number of amides is 1. The number of nitrogens with zero attached hydrogens (tertiary/aromatic N) is 4. The summed E-state index contributed by atoms with van der Waals surface area (Å²) < 4.78 is 12.7. The van der Waals surface area contributed by atoms with Gasteiger partial charge < -0.3 is 14.5 Å². The van der Waals surface area contributed by atoms with Crippen LogP contribution in [0, 0.1) is 0 Å². The van der Waals surface area contributed by atoms with Crippen molar-refractivity contribution in [3.05, 3.63) is 54.2 Å². The number of aromatic nitrogens is 4. The molecule has 2 fully saturated rings. The fourth-order valence-corrected chi connectivity index (χ4v) is 4.63. The molecule has 8 heteroatoms. The molecule has 0 bridgehead atoms. The fraction of sp³-hybridized carbons (Fsp3) is 0.360. The first-order valence-corrected chi connectivity index (χ1v) is 11.5. The minimum atomic E-state index is -0.295. The first kappa shape index (κ1) is 20.0. The Morgan fingerprint density at radius 1 is 1.18 bits per heavy atom. The maximum atomic E-state index is 13.0. The highest BCUT2D eigenvalue weighted by Gasteiger charge is 2.28. The van der Waals surface area contributed by atoms with Gasteiger partial charge in [-0.3, -0.25) is 9.48 Å². The summed E-state index contributed by atoms with van der Waals surface area (Å²) in [6.45, 7) is 0. The van der Waals surface area contributed by atoms with E-state index >= 15 is 0 Å².